The van der Waals surface area contributed by atoms with Crippen LogP contribution in [0.3, 0.4) is 0 Å². The van der Waals surface area contributed by atoms with E-state index in [1.165, 1.54) is 7.11 Å². The number of hydrogen-bond acceptors (Lipinski definition) is 6. The van der Waals surface area contributed by atoms with E-state index >= 15 is 0 Å². The summed E-state index contributed by atoms with van der Waals surface area (Å²) in [5, 5.41) is 3.34. The number of nitrogens with one attached hydrogen (secondary N) is 1. The van der Waals surface area contributed by atoms with Crippen molar-refractivity contribution in [3.8, 4) is 0 Å². The van der Waals surface area contributed by atoms with E-state index < -0.39 is 5.97 Å². The monoisotopic (exact) mass is 279 g/mol. The molecule has 2 atom stereocenters. The van der Waals surface area contributed by atoms with Gasteiger partial charge in [0.2, 0.25) is 5.82 Å². The Hall–Kier alpha value is -1.69. The Bertz CT molecular complexity index is 490. The van der Waals surface area contributed by atoms with Crippen molar-refractivity contribution in [3.63, 3.8) is 0 Å². The molecule has 1 N–H and O–H groups in total. The highest BCUT2D eigenvalue weighted by atomic mass is 16.5. The second kappa shape index (κ2) is 5.75. The number of carbonyl (C=O) groups excluding carboxylic acids is 1. The molecule has 6 heteroatoms. The second-order valence-electron chi connectivity index (χ2n) is 5.46. The van der Waals surface area contributed by atoms with Crippen LogP contribution in [0.5, 0.6) is 0 Å². The van der Waals surface area contributed by atoms with Crippen molar-refractivity contribution >= 4 is 11.8 Å². The van der Waals surface area contributed by atoms with Gasteiger partial charge in [0.05, 0.1) is 13.2 Å². The molecule has 1 fully saturated rings. The van der Waals surface area contributed by atoms with Crippen LogP contribution < -0.4 is 5.32 Å². The molecular formula is C14H21N3O3. The summed E-state index contributed by atoms with van der Waals surface area (Å²) < 4.78 is 10.3. The molecule has 1 saturated carbocycles. The maximum Gasteiger partial charge on any atom is 0.376 e. The molecule has 2 rings (SSSR count). The topological polar surface area (TPSA) is 73.3 Å². The van der Waals surface area contributed by atoms with Crippen LogP contribution in [0.1, 0.15) is 37.8 Å². The third kappa shape index (κ3) is 2.75. The van der Waals surface area contributed by atoms with Crippen molar-refractivity contribution in [3.05, 3.63) is 18.1 Å². The molecule has 1 aromatic rings. The Kier molecular flexibility index (Phi) is 4.23. The molecule has 0 aliphatic heterocycles. The highest BCUT2D eigenvalue weighted by Gasteiger charge is 2.49. The molecule has 1 aliphatic rings. The van der Waals surface area contributed by atoms with Gasteiger partial charge in [0.25, 0.3) is 0 Å². The molecule has 0 amide bonds. The summed E-state index contributed by atoms with van der Waals surface area (Å²) in [6.45, 7) is 7.05. The fourth-order valence-corrected chi connectivity index (χ4v) is 2.42. The lowest BCUT2D eigenvalue weighted by Gasteiger charge is -2.51. The van der Waals surface area contributed by atoms with Crippen molar-refractivity contribution in [1.29, 1.82) is 0 Å². The summed E-state index contributed by atoms with van der Waals surface area (Å²) in [6, 6.07) is 2.01. The molecule has 6 nitrogen and oxygen atoms in total. The highest BCUT2D eigenvalue weighted by molar-refractivity contribution is 5.85. The molecule has 1 aromatic heterocycles. The van der Waals surface area contributed by atoms with Crippen molar-refractivity contribution in [1.82, 2.24) is 9.97 Å². The third-order valence-electron chi connectivity index (χ3n) is 3.89. The molecular weight excluding hydrogens is 258 g/mol. The predicted octanol–water partition coefficient (Wildman–Crippen LogP) is 1.88. The van der Waals surface area contributed by atoms with Gasteiger partial charge >= 0.3 is 5.97 Å². The lowest BCUT2D eigenvalue weighted by Crippen LogP contribution is -2.58. The van der Waals surface area contributed by atoms with Crippen molar-refractivity contribution in [2.24, 2.45) is 5.41 Å². The summed E-state index contributed by atoms with van der Waals surface area (Å²) in [6.07, 6.45) is 2.73. The van der Waals surface area contributed by atoms with Gasteiger partial charge in [-0.3, -0.25) is 0 Å². The third-order valence-corrected chi connectivity index (χ3v) is 3.89. The van der Waals surface area contributed by atoms with E-state index in [1.54, 1.807) is 12.3 Å². The van der Waals surface area contributed by atoms with Crippen molar-refractivity contribution < 1.29 is 14.3 Å². The van der Waals surface area contributed by atoms with Crippen LogP contribution in [0.4, 0.5) is 5.82 Å². The quantitative estimate of drug-likeness (QED) is 0.830. The van der Waals surface area contributed by atoms with Gasteiger partial charge in [0.15, 0.2) is 0 Å². The van der Waals surface area contributed by atoms with E-state index in [0.717, 1.165) is 13.0 Å². The van der Waals surface area contributed by atoms with Gasteiger partial charge in [0, 0.05) is 24.3 Å². The van der Waals surface area contributed by atoms with E-state index in [2.05, 4.69) is 33.9 Å². The fraction of sp³-hybridized carbons (Fsp3) is 0.643. The van der Waals surface area contributed by atoms with Gasteiger partial charge in [-0.2, -0.15) is 0 Å². The first kappa shape index (κ1) is 14.7. The standard InChI is InChI=1S/C14H21N3O3/c1-5-20-10-8-9(14(10,2)3)16-11-6-7-15-12(17-11)13(18)19-4/h6-7,9-10H,5,8H2,1-4H3,(H,15,16,17). The van der Waals surface area contributed by atoms with Crippen LogP contribution in [-0.2, 0) is 9.47 Å². The lowest BCUT2D eigenvalue weighted by molar-refractivity contribution is -0.0976. The van der Waals surface area contributed by atoms with Crippen LogP contribution >= 0.6 is 0 Å². The van der Waals surface area contributed by atoms with Gasteiger partial charge in [-0.15, -0.1) is 0 Å². The van der Waals surface area contributed by atoms with E-state index in [1.807, 2.05) is 6.92 Å². The van der Waals surface area contributed by atoms with Gasteiger partial charge in [-0.05, 0) is 19.4 Å². The first-order valence-electron chi connectivity index (χ1n) is 6.78. The average Bonchev–Trinajstić information content (AvgIpc) is 2.45. The minimum Gasteiger partial charge on any atom is -0.463 e. The van der Waals surface area contributed by atoms with Crippen molar-refractivity contribution in [2.45, 2.75) is 39.3 Å². The zero-order chi connectivity index (χ0) is 14.8. The molecule has 0 spiro atoms. The second-order valence-corrected chi connectivity index (χ2v) is 5.46. The van der Waals surface area contributed by atoms with E-state index in [-0.39, 0.29) is 23.4 Å². The Morgan fingerprint density at radius 2 is 2.30 bits per heavy atom. The number of anilines is 1. The molecule has 2 unspecified atom stereocenters. The predicted molar refractivity (Wildman–Crippen MR) is 74.6 cm³/mol. The van der Waals surface area contributed by atoms with Gasteiger partial charge in [-0.1, -0.05) is 13.8 Å². The summed E-state index contributed by atoms with van der Waals surface area (Å²) in [7, 11) is 1.31. The summed E-state index contributed by atoms with van der Waals surface area (Å²) in [4.78, 5) is 19.5. The summed E-state index contributed by atoms with van der Waals surface area (Å²) in [5.74, 6) is 0.165. The minimum absolute atomic E-state index is 0.0341. The number of nitrogens with zero attached hydrogens (tertiary/aromatic N) is 2. The number of rotatable bonds is 5. The normalized spacial score (nSPS) is 23.8. The van der Waals surface area contributed by atoms with Crippen LogP contribution in [0.25, 0.3) is 0 Å². The smallest absolute Gasteiger partial charge is 0.376 e. The Morgan fingerprint density at radius 1 is 1.55 bits per heavy atom. The molecule has 110 valence electrons. The van der Waals surface area contributed by atoms with E-state index in [4.69, 9.17) is 4.74 Å². The number of aromatic nitrogens is 2. The first-order valence-corrected chi connectivity index (χ1v) is 6.78. The van der Waals surface area contributed by atoms with Crippen LogP contribution in [0.15, 0.2) is 12.3 Å². The molecule has 0 aromatic carbocycles. The SMILES string of the molecule is CCOC1CC(Nc2ccnc(C(=O)OC)n2)C1(C)C. The van der Waals surface area contributed by atoms with Crippen LogP contribution in [0.2, 0.25) is 0 Å². The molecule has 0 saturated heterocycles. The number of hydrogen-bond donors (Lipinski definition) is 1. The first-order chi connectivity index (χ1) is 9.48. The van der Waals surface area contributed by atoms with E-state index in [9.17, 15) is 4.79 Å². The van der Waals surface area contributed by atoms with Gasteiger partial charge in [-0.25, -0.2) is 14.8 Å². The average molecular weight is 279 g/mol. The fourth-order valence-electron chi connectivity index (χ4n) is 2.42. The lowest BCUT2D eigenvalue weighted by atomic mass is 9.64. The van der Waals surface area contributed by atoms with Gasteiger partial charge in [0.1, 0.15) is 5.82 Å². The largest absolute Gasteiger partial charge is 0.463 e. The molecule has 20 heavy (non-hydrogen) atoms. The molecule has 1 heterocycles. The summed E-state index contributed by atoms with van der Waals surface area (Å²) in [5.41, 5.74) is 0.0341. The number of carbonyl (C=O) groups is 1. The zero-order valence-electron chi connectivity index (χ0n) is 12.3. The summed E-state index contributed by atoms with van der Waals surface area (Å²) >= 11 is 0. The zero-order valence-corrected chi connectivity index (χ0v) is 12.3. The van der Waals surface area contributed by atoms with Crippen LogP contribution in [-0.4, -0.2) is 41.8 Å². The number of ether oxygens (including phenoxy) is 2. The maximum absolute atomic E-state index is 11.4. The highest BCUT2D eigenvalue weighted by Crippen LogP contribution is 2.44. The molecule has 0 bridgehead atoms. The Labute approximate surface area is 118 Å². The van der Waals surface area contributed by atoms with Crippen molar-refractivity contribution in [2.75, 3.05) is 19.0 Å². The van der Waals surface area contributed by atoms with Gasteiger partial charge < -0.3 is 14.8 Å². The Balaban J connectivity index is 2.03. The minimum atomic E-state index is -0.534. The molecule has 1 aliphatic carbocycles. The van der Waals surface area contributed by atoms with E-state index in [0.29, 0.717) is 5.82 Å². The maximum atomic E-state index is 11.4. The molecule has 0 radical (unpaired) electrons. The Morgan fingerprint density at radius 3 is 2.90 bits per heavy atom. The number of methoxy groups -OCH3 is 1. The number of esters is 1. The van der Waals surface area contributed by atoms with Crippen LogP contribution in [0, 0.1) is 5.41 Å².